The van der Waals surface area contributed by atoms with Crippen molar-refractivity contribution in [3.63, 3.8) is 0 Å². The van der Waals surface area contributed by atoms with E-state index in [2.05, 4.69) is 23.6 Å². The van der Waals surface area contributed by atoms with Gasteiger partial charge in [-0.15, -0.1) is 0 Å². The quantitative estimate of drug-likeness (QED) is 0.456. The van der Waals surface area contributed by atoms with Gasteiger partial charge in [0.2, 0.25) is 5.91 Å². The van der Waals surface area contributed by atoms with Crippen molar-refractivity contribution >= 4 is 5.91 Å². The maximum absolute atomic E-state index is 13.2. The van der Waals surface area contributed by atoms with E-state index in [0.29, 0.717) is 58.3 Å². The summed E-state index contributed by atoms with van der Waals surface area (Å²) in [7, 11) is 0. The number of aliphatic hydroxyl groups is 1. The molecule has 3 rings (SSSR count). The monoisotopic (exact) mass is 477 g/mol. The molecule has 0 aromatic heterocycles. The molecule has 2 aliphatic rings. The van der Waals surface area contributed by atoms with Crippen molar-refractivity contribution in [1.29, 1.82) is 0 Å². The normalized spacial score (nSPS) is 21.0. The van der Waals surface area contributed by atoms with Crippen LogP contribution < -0.4 is 0 Å². The minimum absolute atomic E-state index is 0.0676. The molecule has 34 heavy (non-hydrogen) atoms. The summed E-state index contributed by atoms with van der Waals surface area (Å²) in [5, 5.41) is 10.4. The summed E-state index contributed by atoms with van der Waals surface area (Å²) in [6.45, 7) is 13.3. The number of ether oxygens (including phenoxy) is 3. The number of benzene rings is 1. The molecule has 0 spiro atoms. The largest absolute Gasteiger partial charge is 0.389 e. The van der Waals surface area contributed by atoms with Gasteiger partial charge in [-0.25, -0.2) is 0 Å². The lowest BCUT2D eigenvalue weighted by molar-refractivity contribution is -0.134. The first-order valence-corrected chi connectivity index (χ1v) is 12.7. The van der Waals surface area contributed by atoms with Crippen LogP contribution in [0.2, 0.25) is 0 Å². The SMILES string of the molecule is CC(C)COCC(O)CN1CCOC(CN(CCN2CCOCC2)C(=O)Cc2ccccc2)C1. The van der Waals surface area contributed by atoms with Crippen LogP contribution in [0.3, 0.4) is 0 Å². The summed E-state index contributed by atoms with van der Waals surface area (Å²) in [5.74, 6) is 0.583. The van der Waals surface area contributed by atoms with Crippen molar-refractivity contribution in [2.45, 2.75) is 32.5 Å². The van der Waals surface area contributed by atoms with Gasteiger partial charge in [0, 0.05) is 59.0 Å². The Labute approximate surface area is 204 Å². The molecule has 192 valence electrons. The highest BCUT2D eigenvalue weighted by atomic mass is 16.5. The van der Waals surface area contributed by atoms with Crippen LogP contribution in [0.15, 0.2) is 30.3 Å². The van der Waals surface area contributed by atoms with Crippen molar-refractivity contribution in [3.05, 3.63) is 35.9 Å². The highest BCUT2D eigenvalue weighted by molar-refractivity contribution is 5.78. The predicted octanol–water partition coefficient (Wildman–Crippen LogP) is 1.12. The first-order valence-electron chi connectivity index (χ1n) is 12.7. The molecule has 8 nitrogen and oxygen atoms in total. The molecule has 0 aliphatic carbocycles. The molecule has 2 aliphatic heterocycles. The summed E-state index contributed by atoms with van der Waals surface area (Å²) in [6, 6.07) is 9.91. The molecule has 2 saturated heterocycles. The second-order valence-corrected chi connectivity index (χ2v) is 9.79. The van der Waals surface area contributed by atoms with Crippen LogP contribution in [0.5, 0.6) is 0 Å². The first kappa shape index (κ1) is 27.0. The fourth-order valence-corrected chi connectivity index (χ4v) is 4.38. The lowest BCUT2D eigenvalue weighted by Gasteiger charge is -2.37. The van der Waals surface area contributed by atoms with E-state index in [-0.39, 0.29) is 12.0 Å². The lowest BCUT2D eigenvalue weighted by Crippen LogP contribution is -2.52. The van der Waals surface area contributed by atoms with E-state index in [0.717, 1.165) is 45.0 Å². The number of nitrogens with zero attached hydrogens (tertiary/aromatic N) is 3. The second kappa shape index (κ2) is 14.8. The standard InChI is InChI=1S/C26H43N3O5/c1-22(2)20-33-21-24(30)17-28-12-15-34-25(18-28)19-29(9-8-27-10-13-32-14-11-27)26(31)16-23-6-4-3-5-7-23/h3-7,22,24-25,30H,8-21H2,1-2H3. The molecule has 0 bridgehead atoms. The average molecular weight is 478 g/mol. The topological polar surface area (TPSA) is 74.7 Å². The smallest absolute Gasteiger partial charge is 0.227 e. The van der Waals surface area contributed by atoms with E-state index in [1.807, 2.05) is 35.2 Å². The number of amides is 1. The third-order valence-corrected chi connectivity index (χ3v) is 6.22. The van der Waals surface area contributed by atoms with Crippen molar-refractivity contribution in [2.24, 2.45) is 5.92 Å². The summed E-state index contributed by atoms with van der Waals surface area (Å²) in [6.07, 6.45) is -0.191. The summed E-state index contributed by atoms with van der Waals surface area (Å²) < 4.78 is 17.1. The molecule has 2 heterocycles. The Bertz CT molecular complexity index is 699. The van der Waals surface area contributed by atoms with E-state index in [1.165, 1.54) is 0 Å². The summed E-state index contributed by atoms with van der Waals surface area (Å²) in [5.41, 5.74) is 1.03. The van der Waals surface area contributed by atoms with Gasteiger partial charge in [-0.1, -0.05) is 44.2 Å². The van der Waals surface area contributed by atoms with Crippen LogP contribution in [0, 0.1) is 5.92 Å². The zero-order valence-electron chi connectivity index (χ0n) is 20.9. The van der Waals surface area contributed by atoms with Crippen LogP contribution >= 0.6 is 0 Å². The fraction of sp³-hybridized carbons (Fsp3) is 0.731. The Hall–Kier alpha value is -1.55. The Morgan fingerprint density at radius 2 is 1.85 bits per heavy atom. The number of β-amino-alcohol motifs (C(OH)–C–C–N with tert-alkyl or cyclic N) is 1. The molecule has 1 N–H and O–H groups in total. The molecule has 1 aromatic rings. The number of hydrogen-bond acceptors (Lipinski definition) is 7. The third-order valence-electron chi connectivity index (χ3n) is 6.22. The second-order valence-electron chi connectivity index (χ2n) is 9.79. The van der Waals surface area contributed by atoms with Gasteiger partial charge < -0.3 is 24.2 Å². The Morgan fingerprint density at radius 3 is 2.59 bits per heavy atom. The van der Waals surface area contributed by atoms with E-state index in [9.17, 15) is 9.90 Å². The Balaban J connectivity index is 1.52. The Morgan fingerprint density at radius 1 is 1.12 bits per heavy atom. The summed E-state index contributed by atoms with van der Waals surface area (Å²) in [4.78, 5) is 19.8. The maximum atomic E-state index is 13.2. The van der Waals surface area contributed by atoms with Gasteiger partial charge in [0.15, 0.2) is 0 Å². The molecule has 1 amide bonds. The summed E-state index contributed by atoms with van der Waals surface area (Å²) >= 11 is 0. The molecule has 2 atom stereocenters. The van der Waals surface area contributed by atoms with Crippen molar-refractivity contribution in [2.75, 3.05) is 85.4 Å². The molecule has 2 unspecified atom stereocenters. The number of hydrogen-bond donors (Lipinski definition) is 1. The van der Waals surface area contributed by atoms with Gasteiger partial charge in [-0.05, 0) is 11.5 Å². The number of rotatable bonds is 13. The lowest BCUT2D eigenvalue weighted by atomic mass is 10.1. The van der Waals surface area contributed by atoms with Gasteiger partial charge in [-0.2, -0.15) is 0 Å². The molecule has 8 heteroatoms. The molecular formula is C26H43N3O5. The molecular weight excluding hydrogens is 434 g/mol. The first-order chi connectivity index (χ1) is 16.5. The predicted molar refractivity (Wildman–Crippen MR) is 132 cm³/mol. The van der Waals surface area contributed by atoms with E-state index in [4.69, 9.17) is 14.2 Å². The Kier molecular flexibility index (Phi) is 11.7. The van der Waals surface area contributed by atoms with E-state index in [1.54, 1.807) is 0 Å². The maximum Gasteiger partial charge on any atom is 0.227 e. The number of carbonyl (C=O) groups is 1. The number of aliphatic hydroxyl groups excluding tert-OH is 1. The molecule has 1 aromatic carbocycles. The highest BCUT2D eigenvalue weighted by Gasteiger charge is 2.27. The van der Waals surface area contributed by atoms with Crippen molar-refractivity contribution in [1.82, 2.24) is 14.7 Å². The third kappa shape index (κ3) is 9.98. The molecule has 2 fully saturated rings. The fourth-order valence-electron chi connectivity index (χ4n) is 4.38. The minimum Gasteiger partial charge on any atom is -0.389 e. The van der Waals surface area contributed by atoms with Crippen LogP contribution in [0.4, 0.5) is 0 Å². The zero-order valence-corrected chi connectivity index (χ0v) is 20.9. The molecule has 0 radical (unpaired) electrons. The minimum atomic E-state index is -0.519. The van der Waals surface area contributed by atoms with Gasteiger partial charge in [0.25, 0.3) is 0 Å². The van der Waals surface area contributed by atoms with E-state index < -0.39 is 6.10 Å². The van der Waals surface area contributed by atoms with Crippen LogP contribution in [-0.4, -0.2) is 123 Å². The molecule has 0 saturated carbocycles. The van der Waals surface area contributed by atoms with E-state index >= 15 is 0 Å². The van der Waals surface area contributed by atoms with Gasteiger partial charge >= 0.3 is 0 Å². The van der Waals surface area contributed by atoms with Crippen LogP contribution in [0.1, 0.15) is 19.4 Å². The van der Waals surface area contributed by atoms with Crippen molar-refractivity contribution in [3.8, 4) is 0 Å². The van der Waals surface area contributed by atoms with Crippen LogP contribution in [-0.2, 0) is 25.4 Å². The van der Waals surface area contributed by atoms with Gasteiger partial charge in [-0.3, -0.25) is 14.6 Å². The average Bonchev–Trinajstić information content (AvgIpc) is 2.83. The van der Waals surface area contributed by atoms with Crippen LogP contribution in [0.25, 0.3) is 0 Å². The van der Waals surface area contributed by atoms with Gasteiger partial charge in [0.1, 0.15) is 0 Å². The zero-order chi connectivity index (χ0) is 24.2. The number of morpholine rings is 2. The van der Waals surface area contributed by atoms with Crippen molar-refractivity contribution < 1.29 is 24.1 Å². The van der Waals surface area contributed by atoms with Gasteiger partial charge in [0.05, 0.1) is 45.1 Å². The number of carbonyl (C=O) groups excluding carboxylic acids is 1. The highest BCUT2D eigenvalue weighted by Crippen LogP contribution is 2.11.